The summed E-state index contributed by atoms with van der Waals surface area (Å²) < 4.78 is 30.8. The number of ether oxygens (including phenoxy) is 1. The van der Waals surface area contributed by atoms with E-state index in [1.165, 1.54) is 12.1 Å². The Balaban J connectivity index is 1.90. The van der Waals surface area contributed by atoms with Crippen LogP contribution in [-0.2, 0) is 15.5 Å². The average Bonchev–Trinajstić information content (AvgIpc) is 2.37. The highest BCUT2D eigenvalue weighted by molar-refractivity contribution is 7.85. The number of hydrogen-bond acceptors (Lipinski definition) is 4. The third-order valence-electron chi connectivity index (χ3n) is 2.90. The molecule has 1 heterocycles. The Morgan fingerprint density at radius 3 is 2.78 bits per heavy atom. The first-order valence-electron chi connectivity index (χ1n) is 5.90. The predicted octanol–water partition coefficient (Wildman–Crippen LogP) is 0.848. The first kappa shape index (κ1) is 13.5. The first-order valence-corrected chi connectivity index (χ1v) is 7.22. The summed E-state index contributed by atoms with van der Waals surface area (Å²) in [5, 5.41) is 0. The van der Waals surface area contributed by atoms with Crippen LogP contribution in [0.4, 0.5) is 10.1 Å². The van der Waals surface area contributed by atoms with Crippen LogP contribution < -0.4 is 5.73 Å². The fourth-order valence-electron chi connectivity index (χ4n) is 1.85. The van der Waals surface area contributed by atoms with Crippen LogP contribution >= 0.6 is 0 Å². The molecule has 100 valence electrons. The summed E-state index contributed by atoms with van der Waals surface area (Å²) in [7, 11) is -1.32. The molecule has 4 nitrogen and oxygen atoms in total. The Bertz CT molecular complexity index is 436. The van der Waals surface area contributed by atoms with Crippen molar-refractivity contribution in [3.8, 4) is 0 Å². The van der Waals surface area contributed by atoms with E-state index in [9.17, 15) is 8.60 Å². The quantitative estimate of drug-likeness (QED) is 0.826. The van der Waals surface area contributed by atoms with Gasteiger partial charge in [0.05, 0.1) is 28.9 Å². The Kier molecular flexibility index (Phi) is 4.68. The minimum absolute atomic E-state index is 0.234. The molecule has 18 heavy (non-hydrogen) atoms. The van der Waals surface area contributed by atoms with E-state index in [1.807, 2.05) is 0 Å². The van der Waals surface area contributed by atoms with E-state index in [4.69, 9.17) is 10.5 Å². The van der Waals surface area contributed by atoms with E-state index in [0.717, 1.165) is 13.1 Å². The molecule has 1 aliphatic heterocycles. The zero-order valence-corrected chi connectivity index (χ0v) is 10.9. The Hall–Kier alpha value is -0.980. The summed E-state index contributed by atoms with van der Waals surface area (Å²) in [5.74, 6) is -0.0591. The Morgan fingerprint density at radius 1 is 1.39 bits per heavy atom. The van der Waals surface area contributed by atoms with Crippen molar-refractivity contribution in [3.05, 3.63) is 24.0 Å². The fourth-order valence-corrected chi connectivity index (χ4v) is 2.99. The van der Waals surface area contributed by atoms with Crippen molar-refractivity contribution >= 4 is 16.5 Å². The van der Waals surface area contributed by atoms with Crippen LogP contribution in [0.3, 0.4) is 0 Å². The van der Waals surface area contributed by atoms with Gasteiger partial charge in [0.15, 0.2) is 0 Å². The number of nitrogens with two attached hydrogens (primary N) is 1. The maximum Gasteiger partial charge on any atom is 0.141 e. The zero-order valence-electron chi connectivity index (χ0n) is 10.1. The van der Waals surface area contributed by atoms with Gasteiger partial charge < -0.3 is 10.5 Å². The monoisotopic (exact) mass is 272 g/mol. The maximum absolute atomic E-state index is 13.6. The molecule has 1 atom stereocenters. The molecule has 0 aliphatic carbocycles. The maximum atomic E-state index is 13.6. The Morgan fingerprint density at radius 2 is 2.11 bits per heavy atom. The average molecular weight is 272 g/mol. The van der Waals surface area contributed by atoms with Crippen molar-refractivity contribution in [2.75, 3.05) is 44.3 Å². The highest BCUT2D eigenvalue weighted by atomic mass is 32.2. The van der Waals surface area contributed by atoms with Gasteiger partial charge in [0.1, 0.15) is 5.82 Å². The summed E-state index contributed by atoms with van der Waals surface area (Å²) in [6, 6.07) is 4.28. The van der Waals surface area contributed by atoms with Crippen molar-refractivity contribution < 1.29 is 13.3 Å². The van der Waals surface area contributed by atoms with Crippen LogP contribution in [-0.4, -0.2) is 47.7 Å². The molecule has 6 heteroatoms. The molecular weight excluding hydrogens is 255 g/mol. The van der Waals surface area contributed by atoms with Crippen molar-refractivity contribution in [2.24, 2.45) is 0 Å². The van der Waals surface area contributed by atoms with Gasteiger partial charge in [-0.25, -0.2) is 4.39 Å². The number of halogens is 1. The van der Waals surface area contributed by atoms with Crippen LogP contribution in [0, 0.1) is 5.82 Å². The van der Waals surface area contributed by atoms with Gasteiger partial charge in [0.25, 0.3) is 0 Å². The molecule has 1 aromatic rings. The summed E-state index contributed by atoms with van der Waals surface area (Å²) in [5.41, 5.74) is 5.81. The van der Waals surface area contributed by atoms with E-state index in [2.05, 4.69) is 4.90 Å². The van der Waals surface area contributed by atoms with Crippen LogP contribution in [0.2, 0.25) is 0 Å². The van der Waals surface area contributed by atoms with Gasteiger partial charge in [-0.1, -0.05) is 0 Å². The molecule has 1 saturated heterocycles. The highest BCUT2D eigenvalue weighted by Gasteiger charge is 2.14. The molecule has 2 rings (SSSR count). The van der Waals surface area contributed by atoms with E-state index < -0.39 is 16.6 Å². The first-order chi connectivity index (χ1) is 8.66. The van der Waals surface area contributed by atoms with E-state index in [0.29, 0.717) is 31.2 Å². The molecule has 1 aliphatic rings. The Labute approximate surface area is 108 Å². The predicted molar refractivity (Wildman–Crippen MR) is 69.3 cm³/mol. The molecule has 0 spiro atoms. The second-order valence-corrected chi connectivity index (χ2v) is 5.73. The number of nitrogen functional groups attached to an aromatic ring is 1. The number of nitrogens with zero attached hydrogens (tertiary/aromatic N) is 1. The molecule has 2 N–H and O–H groups in total. The van der Waals surface area contributed by atoms with Crippen LogP contribution in [0.5, 0.6) is 0 Å². The van der Waals surface area contributed by atoms with E-state index >= 15 is 0 Å². The lowest BCUT2D eigenvalue weighted by Gasteiger charge is -2.26. The highest BCUT2D eigenvalue weighted by Crippen LogP contribution is 2.16. The molecule has 1 fully saturated rings. The van der Waals surface area contributed by atoms with E-state index in [1.54, 1.807) is 6.07 Å². The van der Waals surface area contributed by atoms with Gasteiger partial charge in [0, 0.05) is 31.1 Å². The van der Waals surface area contributed by atoms with Gasteiger partial charge in [0.2, 0.25) is 0 Å². The lowest BCUT2D eigenvalue weighted by molar-refractivity contribution is 0.0409. The third kappa shape index (κ3) is 3.51. The molecule has 0 saturated carbocycles. The van der Waals surface area contributed by atoms with Gasteiger partial charge in [-0.05, 0) is 18.2 Å². The van der Waals surface area contributed by atoms with Gasteiger partial charge in [-0.3, -0.25) is 9.11 Å². The van der Waals surface area contributed by atoms with Gasteiger partial charge in [-0.2, -0.15) is 0 Å². The third-order valence-corrected chi connectivity index (χ3v) is 4.27. The lowest BCUT2D eigenvalue weighted by atomic mass is 10.3. The summed E-state index contributed by atoms with van der Waals surface area (Å²) in [4.78, 5) is 2.41. The van der Waals surface area contributed by atoms with Crippen molar-refractivity contribution in [1.82, 2.24) is 4.90 Å². The summed E-state index contributed by atoms with van der Waals surface area (Å²) >= 11 is 0. The molecule has 0 aromatic heterocycles. The normalized spacial score (nSPS) is 18.7. The standard InChI is InChI=1S/C12H17FN2O2S/c13-11-9-10(14)1-2-12(11)18(16)8-5-15-3-6-17-7-4-15/h1-2,9H,3-8,14H2. The number of morpholine rings is 1. The molecule has 0 amide bonds. The second-order valence-electron chi connectivity index (χ2n) is 4.19. The SMILES string of the molecule is Nc1ccc(S(=O)CCN2CCOCC2)c(F)c1. The molecule has 1 unspecified atom stereocenters. The summed E-state index contributed by atoms with van der Waals surface area (Å²) in [6.07, 6.45) is 0. The van der Waals surface area contributed by atoms with Crippen molar-refractivity contribution in [3.63, 3.8) is 0 Å². The fraction of sp³-hybridized carbons (Fsp3) is 0.500. The summed E-state index contributed by atoms with van der Waals surface area (Å²) in [6.45, 7) is 3.81. The number of anilines is 1. The second kappa shape index (κ2) is 6.26. The number of hydrogen-bond donors (Lipinski definition) is 1. The number of benzene rings is 1. The molecule has 0 bridgehead atoms. The smallest absolute Gasteiger partial charge is 0.141 e. The zero-order chi connectivity index (χ0) is 13.0. The molecular formula is C12H17FN2O2S. The van der Waals surface area contributed by atoms with Crippen molar-refractivity contribution in [1.29, 1.82) is 0 Å². The molecule has 0 radical (unpaired) electrons. The minimum Gasteiger partial charge on any atom is -0.399 e. The van der Waals surface area contributed by atoms with Crippen LogP contribution in [0.15, 0.2) is 23.1 Å². The topological polar surface area (TPSA) is 55.6 Å². The van der Waals surface area contributed by atoms with Crippen LogP contribution in [0.1, 0.15) is 0 Å². The minimum atomic E-state index is -1.32. The van der Waals surface area contributed by atoms with Crippen molar-refractivity contribution in [2.45, 2.75) is 4.90 Å². The molecule has 1 aromatic carbocycles. The van der Waals surface area contributed by atoms with Crippen LogP contribution in [0.25, 0.3) is 0 Å². The lowest BCUT2D eigenvalue weighted by Crippen LogP contribution is -2.38. The van der Waals surface area contributed by atoms with E-state index in [-0.39, 0.29) is 4.90 Å². The van der Waals surface area contributed by atoms with Gasteiger partial charge in [-0.15, -0.1) is 0 Å². The number of rotatable bonds is 4. The van der Waals surface area contributed by atoms with Gasteiger partial charge >= 0.3 is 0 Å². The largest absolute Gasteiger partial charge is 0.399 e.